The molecule has 0 aliphatic heterocycles. The number of aromatic nitrogens is 2. The van der Waals surface area contributed by atoms with Gasteiger partial charge >= 0.3 is 12.1 Å². The first kappa shape index (κ1) is 13.5. The molecule has 2 aromatic rings. The molecule has 0 saturated heterocycles. The lowest BCUT2D eigenvalue weighted by molar-refractivity contribution is 0.0691. The van der Waals surface area contributed by atoms with Crippen molar-refractivity contribution in [2.75, 3.05) is 5.32 Å². The summed E-state index contributed by atoms with van der Waals surface area (Å²) < 4.78 is 4.97. The lowest BCUT2D eigenvalue weighted by Crippen LogP contribution is -2.17. The Hall–Kier alpha value is -2.96. The quantitative estimate of drug-likeness (QED) is 0.882. The van der Waals surface area contributed by atoms with Crippen molar-refractivity contribution in [3.05, 3.63) is 54.1 Å². The average molecular weight is 273 g/mol. The summed E-state index contributed by atoms with van der Waals surface area (Å²) in [6.07, 6.45) is 1.51. The van der Waals surface area contributed by atoms with Gasteiger partial charge in [0.05, 0.1) is 11.9 Å². The second-order valence-electron chi connectivity index (χ2n) is 3.78. The van der Waals surface area contributed by atoms with Gasteiger partial charge in [-0.15, -0.1) is 0 Å². The van der Waals surface area contributed by atoms with Crippen molar-refractivity contribution in [3.63, 3.8) is 0 Å². The number of nitrogens with one attached hydrogen (secondary N) is 1. The minimum absolute atomic E-state index is 0.0157. The highest BCUT2D eigenvalue weighted by Gasteiger charge is 2.14. The molecular weight excluding hydrogens is 262 g/mol. The van der Waals surface area contributed by atoms with E-state index in [0.717, 1.165) is 11.9 Å². The molecule has 0 bridgehead atoms. The van der Waals surface area contributed by atoms with Crippen LogP contribution < -0.4 is 5.32 Å². The van der Waals surface area contributed by atoms with E-state index in [1.165, 1.54) is 6.20 Å². The lowest BCUT2D eigenvalue weighted by Gasteiger charge is -2.08. The number of hydrogen-bond acceptors (Lipinski definition) is 5. The number of anilines is 1. The zero-order valence-corrected chi connectivity index (χ0v) is 10.3. The van der Waals surface area contributed by atoms with E-state index in [2.05, 4.69) is 15.3 Å². The fourth-order valence-electron chi connectivity index (χ4n) is 1.46. The van der Waals surface area contributed by atoms with Crippen LogP contribution in [-0.4, -0.2) is 27.1 Å². The molecule has 1 aromatic heterocycles. The number of rotatable bonds is 4. The molecule has 7 nitrogen and oxygen atoms in total. The van der Waals surface area contributed by atoms with Crippen LogP contribution in [0.1, 0.15) is 16.1 Å². The maximum atomic E-state index is 11.6. The first-order valence-corrected chi connectivity index (χ1v) is 5.68. The smallest absolute Gasteiger partial charge is 0.412 e. The molecule has 0 unspecified atom stereocenters. The zero-order chi connectivity index (χ0) is 14.4. The van der Waals surface area contributed by atoms with Gasteiger partial charge in [0.25, 0.3) is 0 Å². The van der Waals surface area contributed by atoms with Gasteiger partial charge in [0.2, 0.25) is 0 Å². The number of nitrogens with zero attached hydrogens (tertiary/aromatic N) is 2. The number of amides is 1. The molecule has 0 radical (unpaired) electrons. The largest absolute Gasteiger partial charge is 0.476 e. The maximum Gasteiger partial charge on any atom is 0.412 e. The van der Waals surface area contributed by atoms with Crippen LogP contribution >= 0.6 is 0 Å². The second-order valence-corrected chi connectivity index (χ2v) is 3.78. The predicted molar refractivity (Wildman–Crippen MR) is 69.2 cm³/mol. The SMILES string of the molecule is O=C(Nc1cncnc1C(=O)O)OCc1ccccc1. The minimum Gasteiger partial charge on any atom is -0.476 e. The van der Waals surface area contributed by atoms with Crippen molar-refractivity contribution in [1.82, 2.24) is 9.97 Å². The van der Waals surface area contributed by atoms with E-state index >= 15 is 0 Å². The highest BCUT2D eigenvalue weighted by Crippen LogP contribution is 2.11. The summed E-state index contributed by atoms with van der Waals surface area (Å²) in [5, 5.41) is 11.2. The summed E-state index contributed by atoms with van der Waals surface area (Å²) in [5.74, 6) is -1.26. The Balaban J connectivity index is 1.97. The molecule has 2 rings (SSSR count). The van der Waals surface area contributed by atoms with Crippen LogP contribution in [0.2, 0.25) is 0 Å². The minimum atomic E-state index is -1.26. The van der Waals surface area contributed by atoms with Crippen molar-refractivity contribution in [3.8, 4) is 0 Å². The zero-order valence-electron chi connectivity index (χ0n) is 10.3. The molecule has 1 heterocycles. The molecule has 7 heteroatoms. The van der Waals surface area contributed by atoms with Gasteiger partial charge in [-0.3, -0.25) is 5.32 Å². The molecule has 102 valence electrons. The summed E-state index contributed by atoms with van der Waals surface area (Å²) in [6.45, 7) is 0.0861. The maximum absolute atomic E-state index is 11.6. The van der Waals surface area contributed by atoms with Gasteiger partial charge in [-0.25, -0.2) is 19.6 Å². The van der Waals surface area contributed by atoms with Gasteiger partial charge in [-0.2, -0.15) is 0 Å². The Bertz CT molecular complexity index is 616. The van der Waals surface area contributed by atoms with Crippen LogP contribution in [0.3, 0.4) is 0 Å². The van der Waals surface area contributed by atoms with Crippen LogP contribution in [0.25, 0.3) is 0 Å². The van der Waals surface area contributed by atoms with E-state index in [-0.39, 0.29) is 18.0 Å². The Morgan fingerprint density at radius 2 is 2.00 bits per heavy atom. The van der Waals surface area contributed by atoms with Crippen LogP contribution in [0.4, 0.5) is 10.5 Å². The van der Waals surface area contributed by atoms with Crippen LogP contribution in [0, 0.1) is 0 Å². The number of carboxylic acids is 1. The number of carbonyl (C=O) groups excluding carboxylic acids is 1. The third-order valence-corrected chi connectivity index (χ3v) is 2.36. The molecule has 1 aromatic carbocycles. The van der Waals surface area contributed by atoms with Crippen LogP contribution in [-0.2, 0) is 11.3 Å². The summed E-state index contributed by atoms with van der Waals surface area (Å²) in [5.41, 5.74) is 0.514. The van der Waals surface area contributed by atoms with Crippen LogP contribution in [0.15, 0.2) is 42.9 Å². The Kier molecular flexibility index (Phi) is 4.23. The van der Waals surface area contributed by atoms with Gasteiger partial charge in [0, 0.05) is 0 Å². The standard InChI is InChI=1S/C13H11N3O4/c17-12(18)11-10(6-14-8-15-11)16-13(19)20-7-9-4-2-1-3-5-9/h1-6,8H,7H2,(H,16,19)(H,17,18). The van der Waals surface area contributed by atoms with E-state index in [9.17, 15) is 9.59 Å². The number of carbonyl (C=O) groups is 2. The summed E-state index contributed by atoms with van der Waals surface area (Å²) in [6, 6.07) is 9.11. The van der Waals surface area contributed by atoms with E-state index < -0.39 is 12.1 Å². The van der Waals surface area contributed by atoms with E-state index in [0.29, 0.717) is 0 Å². The number of benzene rings is 1. The van der Waals surface area contributed by atoms with E-state index in [1.807, 2.05) is 30.3 Å². The number of ether oxygens (including phenoxy) is 1. The first-order valence-electron chi connectivity index (χ1n) is 5.68. The van der Waals surface area contributed by atoms with Crippen molar-refractivity contribution < 1.29 is 19.4 Å². The number of aromatic carboxylic acids is 1. The van der Waals surface area contributed by atoms with Crippen molar-refractivity contribution in [1.29, 1.82) is 0 Å². The van der Waals surface area contributed by atoms with Gasteiger partial charge in [0.15, 0.2) is 5.69 Å². The second kappa shape index (κ2) is 6.28. The highest BCUT2D eigenvalue weighted by atomic mass is 16.5. The molecule has 1 amide bonds. The van der Waals surface area contributed by atoms with Gasteiger partial charge < -0.3 is 9.84 Å². The third kappa shape index (κ3) is 3.52. The number of hydrogen-bond donors (Lipinski definition) is 2. The molecular formula is C13H11N3O4. The molecule has 0 fully saturated rings. The highest BCUT2D eigenvalue weighted by molar-refractivity contribution is 5.96. The summed E-state index contributed by atoms with van der Waals surface area (Å²) in [7, 11) is 0. The van der Waals surface area contributed by atoms with Crippen LogP contribution in [0.5, 0.6) is 0 Å². The molecule has 0 spiro atoms. The first-order chi connectivity index (χ1) is 9.66. The van der Waals surface area contributed by atoms with Gasteiger partial charge in [-0.05, 0) is 5.56 Å². The molecule has 0 aliphatic carbocycles. The molecule has 0 aliphatic rings. The fourth-order valence-corrected chi connectivity index (χ4v) is 1.46. The summed E-state index contributed by atoms with van der Waals surface area (Å²) >= 11 is 0. The molecule has 2 N–H and O–H groups in total. The van der Waals surface area contributed by atoms with E-state index in [4.69, 9.17) is 9.84 Å². The predicted octanol–water partition coefficient (Wildman–Crippen LogP) is 1.92. The van der Waals surface area contributed by atoms with Crippen molar-refractivity contribution >= 4 is 17.7 Å². The lowest BCUT2D eigenvalue weighted by atomic mass is 10.2. The summed E-state index contributed by atoms with van der Waals surface area (Å²) in [4.78, 5) is 29.7. The Morgan fingerprint density at radius 3 is 2.70 bits per heavy atom. The molecule has 20 heavy (non-hydrogen) atoms. The Labute approximate surface area is 114 Å². The van der Waals surface area contributed by atoms with E-state index in [1.54, 1.807) is 0 Å². The third-order valence-electron chi connectivity index (χ3n) is 2.36. The van der Waals surface area contributed by atoms with Crippen molar-refractivity contribution in [2.24, 2.45) is 0 Å². The van der Waals surface area contributed by atoms with Gasteiger partial charge in [0.1, 0.15) is 12.9 Å². The Morgan fingerprint density at radius 1 is 1.25 bits per heavy atom. The average Bonchev–Trinajstić information content (AvgIpc) is 2.46. The molecule has 0 saturated carbocycles. The normalized spacial score (nSPS) is 9.80. The fraction of sp³-hybridized carbons (Fsp3) is 0.0769. The van der Waals surface area contributed by atoms with Gasteiger partial charge in [-0.1, -0.05) is 30.3 Å². The van der Waals surface area contributed by atoms with Crippen molar-refractivity contribution in [2.45, 2.75) is 6.61 Å². The molecule has 0 atom stereocenters. The number of carboxylic acid groups (broad SMARTS) is 1. The topological polar surface area (TPSA) is 101 Å². The monoisotopic (exact) mass is 273 g/mol.